The number of nitrogens with zero attached hydrogens (tertiary/aromatic N) is 3. The summed E-state index contributed by atoms with van der Waals surface area (Å²) in [6.07, 6.45) is 4.92. The summed E-state index contributed by atoms with van der Waals surface area (Å²) in [6.45, 7) is 7.64. The molecule has 0 atom stereocenters. The van der Waals surface area contributed by atoms with Gasteiger partial charge < -0.3 is 0 Å². The fraction of sp³-hybridized carbons (Fsp3) is 0.750. The van der Waals surface area contributed by atoms with Crippen molar-refractivity contribution in [2.45, 2.75) is 33.7 Å². The van der Waals surface area contributed by atoms with Crippen LogP contribution in [0.15, 0.2) is 5.11 Å². The van der Waals surface area contributed by atoms with E-state index in [-0.39, 0.29) is 6.04 Å². The Kier molecular flexibility index (Phi) is 10.1. The molecule has 0 aliphatic carbocycles. The Labute approximate surface area is 68.4 Å². The molecule has 0 aromatic heterocycles. The molecule has 0 heterocycles. The zero-order valence-electron chi connectivity index (χ0n) is 7.57. The van der Waals surface area contributed by atoms with Gasteiger partial charge in [0.2, 0.25) is 0 Å². The lowest BCUT2D eigenvalue weighted by Gasteiger charge is -1.82. The molecule has 0 unspecified atom stereocenters. The maximum absolute atomic E-state index is 7.70. The number of rotatable bonds is 1. The second kappa shape index (κ2) is 8.87. The summed E-state index contributed by atoms with van der Waals surface area (Å²) in [7, 11) is 0. The van der Waals surface area contributed by atoms with Gasteiger partial charge in [0.15, 0.2) is 0 Å². The van der Waals surface area contributed by atoms with Gasteiger partial charge in [-0.1, -0.05) is 32.8 Å². The number of terminal acetylenes is 1. The van der Waals surface area contributed by atoms with Crippen LogP contribution >= 0.6 is 0 Å². The highest BCUT2D eigenvalue weighted by molar-refractivity contribution is 4.86. The van der Waals surface area contributed by atoms with Crippen molar-refractivity contribution in [3.8, 4) is 12.3 Å². The fourth-order valence-electron chi connectivity index (χ4n) is 0.103. The molecule has 0 saturated carbocycles. The van der Waals surface area contributed by atoms with Gasteiger partial charge in [-0.3, -0.25) is 0 Å². The molecule has 0 rings (SSSR count). The average molecular weight is 153 g/mol. The van der Waals surface area contributed by atoms with E-state index in [1.54, 1.807) is 0 Å². The third kappa shape index (κ3) is 28.0. The molecule has 0 aromatic carbocycles. The van der Waals surface area contributed by atoms with Crippen LogP contribution in [0, 0.1) is 18.3 Å². The van der Waals surface area contributed by atoms with E-state index in [1.165, 1.54) is 0 Å². The minimum absolute atomic E-state index is 0.106. The van der Waals surface area contributed by atoms with Crippen LogP contribution in [0.4, 0.5) is 0 Å². The zero-order chi connectivity index (χ0) is 9.28. The lowest BCUT2D eigenvalue weighted by Crippen LogP contribution is -1.81. The predicted octanol–water partition coefficient (Wildman–Crippen LogP) is 2.98. The topological polar surface area (TPSA) is 48.8 Å². The Hall–Kier alpha value is -1.13. The lowest BCUT2D eigenvalue weighted by molar-refractivity contribution is 0.824. The summed E-state index contributed by atoms with van der Waals surface area (Å²) in [6, 6.07) is 0.106. The van der Waals surface area contributed by atoms with Crippen molar-refractivity contribution in [2.24, 2.45) is 11.0 Å². The zero-order valence-corrected chi connectivity index (χ0v) is 7.57. The Morgan fingerprint density at radius 1 is 1.36 bits per heavy atom. The first-order chi connectivity index (χ1) is 5.04. The molecule has 0 saturated heterocycles. The maximum atomic E-state index is 7.70. The maximum Gasteiger partial charge on any atom is 0.0317 e. The first kappa shape index (κ1) is 12.5. The van der Waals surface area contributed by atoms with Gasteiger partial charge in [0.25, 0.3) is 0 Å². The van der Waals surface area contributed by atoms with E-state index in [0.717, 1.165) is 0 Å². The van der Waals surface area contributed by atoms with Crippen molar-refractivity contribution in [3.05, 3.63) is 10.4 Å². The number of azide groups is 1. The lowest BCUT2D eigenvalue weighted by atomic mass is 10.2. The van der Waals surface area contributed by atoms with Gasteiger partial charge in [-0.2, -0.15) is 0 Å². The highest BCUT2D eigenvalue weighted by Crippen LogP contribution is 1.82. The highest BCUT2D eigenvalue weighted by atomic mass is 15.1. The monoisotopic (exact) mass is 153 g/mol. The first-order valence-corrected chi connectivity index (χ1v) is 3.54. The SMILES string of the molecule is C#CC(C)C.CC(C)N=[N+]=[N-]. The van der Waals surface area contributed by atoms with Gasteiger partial charge >= 0.3 is 0 Å². The van der Waals surface area contributed by atoms with Crippen LogP contribution < -0.4 is 0 Å². The molecule has 0 radical (unpaired) electrons. The molecule has 3 heteroatoms. The molecule has 0 bridgehead atoms. The molecular weight excluding hydrogens is 138 g/mol. The van der Waals surface area contributed by atoms with Crippen molar-refractivity contribution < 1.29 is 0 Å². The van der Waals surface area contributed by atoms with E-state index in [4.69, 9.17) is 12.0 Å². The van der Waals surface area contributed by atoms with Crippen LogP contribution in [-0.4, -0.2) is 6.04 Å². The minimum Gasteiger partial charge on any atom is -0.120 e. The van der Waals surface area contributed by atoms with Crippen molar-refractivity contribution >= 4 is 0 Å². The predicted molar refractivity (Wildman–Crippen MR) is 48.0 cm³/mol. The summed E-state index contributed by atoms with van der Waals surface area (Å²) in [4.78, 5) is 2.56. The van der Waals surface area contributed by atoms with Crippen LogP contribution in [0.2, 0.25) is 0 Å². The summed E-state index contributed by atoms with van der Waals surface area (Å²) in [5.41, 5.74) is 7.70. The van der Waals surface area contributed by atoms with Crippen molar-refractivity contribution in [1.29, 1.82) is 0 Å². The second-order valence-corrected chi connectivity index (χ2v) is 2.62. The second-order valence-electron chi connectivity index (χ2n) is 2.62. The van der Waals surface area contributed by atoms with E-state index in [1.807, 2.05) is 27.7 Å². The van der Waals surface area contributed by atoms with Gasteiger partial charge in [0, 0.05) is 16.9 Å². The van der Waals surface area contributed by atoms with Crippen LogP contribution in [0.3, 0.4) is 0 Å². The molecule has 0 fully saturated rings. The molecule has 0 amide bonds. The molecular formula is C8H15N3. The van der Waals surface area contributed by atoms with Crippen molar-refractivity contribution in [3.63, 3.8) is 0 Å². The normalized spacial score (nSPS) is 7.73. The largest absolute Gasteiger partial charge is 0.120 e. The quantitative estimate of drug-likeness (QED) is 0.241. The van der Waals surface area contributed by atoms with E-state index < -0.39 is 0 Å². The van der Waals surface area contributed by atoms with E-state index in [0.29, 0.717) is 5.92 Å². The van der Waals surface area contributed by atoms with Crippen molar-refractivity contribution in [2.75, 3.05) is 0 Å². The van der Waals surface area contributed by atoms with E-state index in [2.05, 4.69) is 15.9 Å². The molecule has 3 nitrogen and oxygen atoms in total. The van der Waals surface area contributed by atoms with Gasteiger partial charge in [-0.25, -0.2) is 0 Å². The summed E-state index contributed by atoms with van der Waals surface area (Å²) < 4.78 is 0. The third-order valence-electron chi connectivity index (χ3n) is 0.616. The minimum atomic E-state index is 0.106. The Bertz CT molecular complexity index is 159. The van der Waals surface area contributed by atoms with E-state index >= 15 is 0 Å². The average Bonchev–Trinajstić information content (AvgIpc) is 1.89. The Morgan fingerprint density at radius 2 is 1.73 bits per heavy atom. The van der Waals surface area contributed by atoms with Crippen LogP contribution in [-0.2, 0) is 0 Å². The third-order valence-corrected chi connectivity index (χ3v) is 0.616. The van der Waals surface area contributed by atoms with E-state index in [9.17, 15) is 0 Å². The van der Waals surface area contributed by atoms with Gasteiger partial charge in [-0.15, -0.1) is 12.3 Å². The first-order valence-electron chi connectivity index (χ1n) is 3.54. The van der Waals surface area contributed by atoms with Gasteiger partial charge in [0.05, 0.1) is 0 Å². The van der Waals surface area contributed by atoms with Crippen LogP contribution in [0.25, 0.3) is 10.4 Å². The van der Waals surface area contributed by atoms with Gasteiger partial charge in [-0.05, 0) is 5.53 Å². The summed E-state index contributed by atoms with van der Waals surface area (Å²) in [5, 5.41) is 3.31. The molecule has 0 aromatic rings. The van der Waals surface area contributed by atoms with Crippen LogP contribution in [0.1, 0.15) is 27.7 Å². The standard InChI is InChI=1S/C5H8.C3H7N3/c1-4-5(2)3;1-3(2)5-6-4/h1,5H,2-3H3;3H,1-2H3. The molecule has 62 valence electrons. The molecule has 11 heavy (non-hydrogen) atoms. The smallest absolute Gasteiger partial charge is 0.0317 e. The molecule has 0 aliphatic rings. The van der Waals surface area contributed by atoms with Gasteiger partial charge in [0.1, 0.15) is 0 Å². The van der Waals surface area contributed by atoms with Crippen molar-refractivity contribution in [1.82, 2.24) is 0 Å². The number of hydrogen-bond acceptors (Lipinski definition) is 1. The fourth-order valence-corrected chi connectivity index (χ4v) is 0.103. The Balaban J connectivity index is 0. The van der Waals surface area contributed by atoms with Crippen LogP contribution in [0.5, 0.6) is 0 Å². The molecule has 0 spiro atoms. The number of hydrogen-bond donors (Lipinski definition) is 0. The summed E-state index contributed by atoms with van der Waals surface area (Å²) >= 11 is 0. The summed E-state index contributed by atoms with van der Waals surface area (Å²) in [5.74, 6) is 2.94. The highest BCUT2D eigenvalue weighted by Gasteiger charge is 1.78. The Morgan fingerprint density at radius 3 is 1.73 bits per heavy atom. The molecule has 0 aliphatic heterocycles. The molecule has 0 N–H and O–H groups in total.